The van der Waals surface area contributed by atoms with Crippen molar-refractivity contribution in [3.63, 3.8) is 0 Å². The highest BCUT2D eigenvalue weighted by atomic mass is 35.5. The lowest BCUT2D eigenvalue weighted by molar-refractivity contribution is -0.152. The number of carbonyl (C=O) groups excluding carboxylic acids is 2. The van der Waals surface area contributed by atoms with Crippen LogP contribution in [0.15, 0.2) is 41.1 Å². The summed E-state index contributed by atoms with van der Waals surface area (Å²) in [5.74, 6) is -1.05. The molecule has 0 fully saturated rings. The van der Waals surface area contributed by atoms with E-state index < -0.39 is 18.0 Å². The molecule has 0 saturated heterocycles. The van der Waals surface area contributed by atoms with Crippen molar-refractivity contribution < 1.29 is 18.8 Å². The number of esters is 1. The molecule has 3 aromatic rings. The summed E-state index contributed by atoms with van der Waals surface area (Å²) in [6.07, 6.45) is 0.179. The minimum atomic E-state index is -1.05. The molecule has 1 amide bonds. The number of halogens is 2. The molecule has 0 aliphatic carbocycles. The van der Waals surface area contributed by atoms with Gasteiger partial charge in [0, 0.05) is 11.6 Å². The molecule has 0 unspecified atom stereocenters. The number of carbonyl (C=O) groups is 2. The molecule has 1 aromatic carbocycles. The second kappa shape index (κ2) is 7.72. The van der Waals surface area contributed by atoms with Gasteiger partial charge >= 0.3 is 5.97 Å². The zero-order valence-electron chi connectivity index (χ0n) is 13.5. The van der Waals surface area contributed by atoms with E-state index >= 15 is 0 Å². The maximum absolute atomic E-state index is 12.1. The fourth-order valence-corrected chi connectivity index (χ4v) is 2.65. The van der Waals surface area contributed by atoms with E-state index in [0.29, 0.717) is 16.3 Å². The van der Waals surface area contributed by atoms with E-state index in [1.807, 2.05) is 6.07 Å². The Bertz CT molecular complexity index is 974. The van der Waals surface area contributed by atoms with Crippen LogP contribution in [-0.4, -0.2) is 28.1 Å². The molecule has 0 spiro atoms. The number of amides is 1. The number of aromatic nitrogens is 2. The van der Waals surface area contributed by atoms with E-state index in [4.69, 9.17) is 32.5 Å². The van der Waals surface area contributed by atoms with Crippen molar-refractivity contribution in [2.75, 3.05) is 5.32 Å². The van der Waals surface area contributed by atoms with Crippen LogP contribution in [-0.2, 0) is 20.7 Å². The van der Waals surface area contributed by atoms with Gasteiger partial charge in [0.2, 0.25) is 0 Å². The second-order valence-corrected chi connectivity index (χ2v) is 6.25. The molecule has 0 bridgehead atoms. The molecule has 0 saturated carbocycles. The number of para-hydroxylation sites is 1. The molecule has 9 heteroatoms. The minimum Gasteiger partial charge on any atom is -0.452 e. The lowest BCUT2D eigenvalue weighted by atomic mass is 10.2. The first kappa shape index (κ1) is 18.2. The van der Waals surface area contributed by atoms with Gasteiger partial charge in [-0.1, -0.05) is 40.5 Å². The number of hydrogen-bond donors (Lipinski definition) is 1. The topological polar surface area (TPSA) is 94.3 Å². The maximum atomic E-state index is 12.1. The molecule has 2 heterocycles. The average Bonchev–Trinajstić information content (AvgIpc) is 3.00. The molecule has 26 heavy (non-hydrogen) atoms. The number of benzene rings is 1. The van der Waals surface area contributed by atoms with Crippen molar-refractivity contribution in [2.45, 2.75) is 19.4 Å². The summed E-state index contributed by atoms with van der Waals surface area (Å²) in [7, 11) is 0. The molecule has 1 atom stereocenters. The lowest BCUT2D eigenvalue weighted by Crippen LogP contribution is -2.31. The molecule has 1 N–H and O–H groups in total. The largest absolute Gasteiger partial charge is 0.452 e. The molecule has 0 aliphatic rings. The van der Waals surface area contributed by atoms with Crippen LogP contribution in [0, 0.1) is 0 Å². The van der Waals surface area contributed by atoms with E-state index in [-0.39, 0.29) is 17.3 Å². The highest BCUT2D eigenvalue weighted by molar-refractivity contribution is 6.36. The van der Waals surface area contributed by atoms with Crippen LogP contribution in [0.4, 0.5) is 5.82 Å². The average molecular weight is 394 g/mol. The van der Waals surface area contributed by atoms with Crippen molar-refractivity contribution >= 4 is 51.9 Å². The summed E-state index contributed by atoms with van der Waals surface area (Å²) >= 11 is 11.7. The van der Waals surface area contributed by atoms with Crippen LogP contribution >= 0.6 is 23.2 Å². The Balaban J connectivity index is 1.60. The minimum absolute atomic E-state index is 0.116. The monoisotopic (exact) mass is 393 g/mol. The molecular formula is C17H13Cl2N3O4. The van der Waals surface area contributed by atoms with Gasteiger partial charge in [0.15, 0.2) is 17.5 Å². The smallest absolute Gasteiger partial charge is 0.312 e. The van der Waals surface area contributed by atoms with Crippen molar-refractivity contribution in [1.82, 2.24) is 10.1 Å². The summed E-state index contributed by atoms with van der Waals surface area (Å²) in [4.78, 5) is 28.2. The molecular weight excluding hydrogens is 381 g/mol. The van der Waals surface area contributed by atoms with Gasteiger partial charge in [-0.25, -0.2) is 4.98 Å². The Morgan fingerprint density at radius 3 is 2.85 bits per heavy atom. The number of hydrogen-bond acceptors (Lipinski definition) is 6. The lowest BCUT2D eigenvalue weighted by Gasteiger charge is -2.13. The van der Waals surface area contributed by atoms with Crippen LogP contribution in [0.5, 0.6) is 0 Å². The standard InChI is InChI=1S/C17H13Cl2N3O4/c1-9(17(24)21-16-12(19)6-10(18)8-20-16)25-15(23)7-13-11-4-2-3-5-14(11)26-22-13/h2-6,8-9H,7H2,1H3,(H,20,21,24)/t9-/m0/s1. The van der Waals surface area contributed by atoms with Gasteiger partial charge in [-0.3, -0.25) is 9.59 Å². The van der Waals surface area contributed by atoms with Crippen LogP contribution in [0.2, 0.25) is 10.0 Å². The van der Waals surface area contributed by atoms with Crippen molar-refractivity contribution in [1.29, 1.82) is 0 Å². The van der Waals surface area contributed by atoms with Gasteiger partial charge in [0.25, 0.3) is 5.91 Å². The summed E-state index contributed by atoms with van der Waals surface area (Å²) in [6.45, 7) is 1.44. The summed E-state index contributed by atoms with van der Waals surface area (Å²) in [5.41, 5.74) is 1.02. The summed E-state index contributed by atoms with van der Waals surface area (Å²) in [5, 5.41) is 7.58. The Hall–Kier alpha value is -2.64. The second-order valence-electron chi connectivity index (χ2n) is 5.41. The van der Waals surface area contributed by atoms with Crippen LogP contribution < -0.4 is 5.32 Å². The molecule has 3 rings (SSSR count). The number of rotatable bonds is 5. The predicted octanol–water partition coefficient (Wildman–Crippen LogP) is 3.64. The number of nitrogens with zero attached hydrogens (tertiary/aromatic N) is 2. The van der Waals surface area contributed by atoms with Gasteiger partial charge in [-0.15, -0.1) is 0 Å². The SMILES string of the molecule is C[C@H](OC(=O)Cc1noc2ccccc12)C(=O)Nc1ncc(Cl)cc1Cl. The van der Waals surface area contributed by atoms with Gasteiger partial charge in [-0.05, 0) is 25.1 Å². The van der Waals surface area contributed by atoms with E-state index in [0.717, 1.165) is 5.39 Å². The predicted molar refractivity (Wildman–Crippen MR) is 96.2 cm³/mol. The first-order valence-corrected chi connectivity index (χ1v) is 8.34. The summed E-state index contributed by atoms with van der Waals surface area (Å²) < 4.78 is 10.3. The Kier molecular flexibility index (Phi) is 5.39. The molecule has 0 aliphatic heterocycles. The molecule has 0 radical (unpaired) electrons. The first-order valence-electron chi connectivity index (χ1n) is 7.58. The molecule has 7 nitrogen and oxygen atoms in total. The van der Waals surface area contributed by atoms with Crippen molar-refractivity contribution in [2.24, 2.45) is 0 Å². The van der Waals surface area contributed by atoms with E-state index in [2.05, 4.69) is 15.5 Å². The van der Waals surface area contributed by atoms with E-state index in [9.17, 15) is 9.59 Å². The number of ether oxygens (including phenoxy) is 1. The number of fused-ring (bicyclic) bond motifs is 1. The molecule has 134 valence electrons. The summed E-state index contributed by atoms with van der Waals surface area (Å²) in [6, 6.07) is 8.60. The highest BCUT2D eigenvalue weighted by Crippen LogP contribution is 2.23. The Morgan fingerprint density at radius 2 is 2.08 bits per heavy atom. The molecule has 2 aromatic heterocycles. The maximum Gasteiger partial charge on any atom is 0.312 e. The highest BCUT2D eigenvalue weighted by Gasteiger charge is 2.21. The number of pyridine rings is 1. The zero-order chi connectivity index (χ0) is 18.7. The third-order valence-electron chi connectivity index (χ3n) is 3.49. The van der Waals surface area contributed by atoms with Crippen molar-refractivity contribution in [3.8, 4) is 0 Å². The fraction of sp³-hybridized carbons (Fsp3) is 0.176. The fourth-order valence-electron chi connectivity index (χ4n) is 2.22. The van der Waals surface area contributed by atoms with Crippen LogP contribution in [0.25, 0.3) is 11.0 Å². The van der Waals surface area contributed by atoms with Crippen LogP contribution in [0.3, 0.4) is 0 Å². The normalized spacial score (nSPS) is 12.0. The van der Waals surface area contributed by atoms with Gasteiger partial charge in [0.1, 0.15) is 5.69 Å². The zero-order valence-corrected chi connectivity index (χ0v) is 15.0. The van der Waals surface area contributed by atoms with Crippen molar-refractivity contribution in [3.05, 3.63) is 52.3 Å². The first-order chi connectivity index (χ1) is 12.4. The third kappa shape index (κ3) is 4.12. The van der Waals surface area contributed by atoms with E-state index in [1.54, 1.807) is 18.2 Å². The van der Waals surface area contributed by atoms with Gasteiger partial charge in [0.05, 0.1) is 16.5 Å². The van der Waals surface area contributed by atoms with Gasteiger partial charge in [-0.2, -0.15) is 0 Å². The number of nitrogens with one attached hydrogen (secondary N) is 1. The van der Waals surface area contributed by atoms with Crippen LogP contribution in [0.1, 0.15) is 12.6 Å². The third-order valence-corrected chi connectivity index (χ3v) is 3.99. The quantitative estimate of drug-likeness (QED) is 0.664. The number of anilines is 1. The Morgan fingerprint density at radius 1 is 1.31 bits per heavy atom. The van der Waals surface area contributed by atoms with E-state index in [1.165, 1.54) is 19.2 Å². The van der Waals surface area contributed by atoms with Gasteiger partial charge < -0.3 is 14.6 Å². The Labute approximate surface area is 158 Å².